The van der Waals surface area contributed by atoms with Crippen LogP contribution in [0.25, 0.3) is 0 Å². The largest absolute Gasteiger partial charge is 0.359 e. The summed E-state index contributed by atoms with van der Waals surface area (Å²) in [6, 6.07) is 0. The quantitative estimate of drug-likeness (QED) is 0.230. The molecule has 0 spiro atoms. The molecule has 0 aromatic heterocycles. The standard InChI is InChI=1S/C24H48N2/c1-4-6-7-8-9-10-11-12-13-14-15-16-17-18-19-21-26-23-22-25(3)24(26)20-5-2/h22-24H,4-21H2,1-3H3. The maximum absolute atomic E-state index is 2.55. The summed E-state index contributed by atoms with van der Waals surface area (Å²) in [5.41, 5.74) is 0. The molecule has 0 amide bonds. The topological polar surface area (TPSA) is 6.48 Å². The maximum atomic E-state index is 2.55. The highest BCUT2D eigenvalue weighted by molar-refractivity contribution is 4.95. The van der Waals surface area contributed by atoms with Crippen molar-refractivity contribution in [3.8, 4) is 0 Å². The Labute approximate surface area is 165 Å². The molecule has 154 valence electrons. The lowest BCUT2D eigenvalue weighted by Gasteiger charge is -2.30. The van der Waals surface area contributed by atoms with Crippen LogP contribution in [0.1, 0.15) is 123 Å². The zero-order chi connectivity index (χ0) is 18.9. The van der Waals surface area contributed by atoms with Crippen molar-refractivity contribution in [1.82, 2.24) is 9.80 Å². The first-order valence-corrected chi connectivity index (χ1v) is 12.0. The van der Waals surface area contributed by atoms with Gasteiger partial charge in [0, 0.05) is 26.0 Å². The van der Waals surface area contributed by atoms with Gasteiger partial charge in [0.15, 0.2) is 0 Å². The van der Waals surface area contributed by atoms with Gasteiger partial charge in [-0.3, -0.25) is 0 Å². The second kappa shape index (κ2) is 16.5. The molecule has 1 aliphatic heterocycles. The summed E-state index contributed by atoms with van der Waals surface area (Å²) >= 11 is 0. The first-order valence-electron chi connectivity index (χ1n) is 12.0. The maximum Gasteiger partial charge on any atom is 0.100 e. The Bertz CT molecular complexity index is 326. The molecule has 0 radical (unpaired) electrons. The monoisotopic (exact) mass is 364 g/mol. The third-order valence-corrected chi connectivity index (χ3v) is 5.91. The molecule has 0 saturated carbocycles. The zero-order valence-corrected chi connectivity index (χ0v) is 18.4. The number of unbranched alkanes of at least 4 members (excludes halogenated alkanes) is 14. The molecule has 0 saturated heterocycles. The lowest BCUT2D eigenvalue weighted by atomic mass is 10.0. The second-order valence-corrected chi connectivity index (χ2v) is 8.42. The SMILES string of the molecule is CCCCCCCCCCCCCCCCCN1C=CN(C)C1CCC. The molecule has 1 heterocycles. The van der Waals surface area contributed by atoms with E-state index >= 15 is 0 Å². The summed E-state index contributed by atoms with van der Waals surface area (Å²) in [5, 5.41) is 0. The molecule has 1 unspecified atom stereocenters. The van der Waals surface area contributed by atoms with E-state index in [1.165, 1.54) is 116 Å². The van der Waals surface area contributed by atoms with Gasteiger partial charge in [-0.2, -0.15) is 0 Å². The van der Waals surface area contributed by atoms with E-state index in [0.717, 1.165) is 0 Å². The van der Waals surface area contributed by atoms with Crippen molar-refractivity contribution in [2.75, 3.05) is 13.6 Å². The highest BCUT2D eigenvalue weighted by atomic mass is 15.4. The molecular weight excluding hydrogens is 316 g/mol. The fourth-order valence-electron chi connectivity index (χ4n) is 4.14. The van der Waals surface area contributed by atoms with Crippen LogP contribution >= 0.6 is 0 Å². The minimum Gasteiger partial charge on any atom is -0.359 e. The Balaban J connectivity index is 1.80. The molecule has 0 aromatic carbocycles. The Morgan fingerprint density at radius 1 is 0.577 bits per heavy atom. The van der Waals surface area contributed by atoms with Crippen molar-refractivity contribution in [2.45, 2.75) is 129 Å². The van der Waals surface area contributed by atoms with Crippen LogP contribution in [0.2, 0.25) is 0 Å². The Morgan fingerprint density at radius 3 is 1.50 bits per heavy atom. The summed E-state index contributed by atoms with van der Waals surface area (Å²) in [4.78, 5) is 4.92. The third kappa shape index (κ3) is 11.1. The third-order valence-electron chi connectivity index (χ3n) is 5.91. The minimum atomic E-state index is 0.617. The molecule has 26 heavy (non-hydrogen) atoms. The van der Waals surface area contributed by atoms with Gasteiger partial charge in [0.1, 0.15) is 6.17 Å². The van der Waals surface area contributed by atoms with E-state index in [1.807, 2.05) is 0 Å². The molecular formula is C24H48N2. The summed E-state index contributed by atoms with van der Waals surface area (Å²) in [6.07, 6.45) is 29.4. The van der Waals surface area contributed by atoms with E-state index in [0.29, 0.717) is 6.17 Å². The molecule has 2 nitrogen and oxygen atoms in total. The van der Waals surface area contributed by atoms with Crippen molar-refractivity contribution in [3.63, 3.8) is 0 Å². The molecule has 0 bridgehead atoms. The molecule has 1 atom stereocenters. The van der Waals surface area contributed by atoms with Crippen LogP contribution in [0.5, 0.6) is 0 Å². The molecule has 2 heteroatoms. The van der Waals surface area contributed by atoms with Crippen LogP contribution in [-0.4, -0.2) is 29.6 Å². The number of nitrogens with zero attached hydrogens (tertiary/aromatic N) is 2. The van der Waals surface area contributed by atoms with E-state index in [-0.39, 0.29) is 0 Å². The summed E-state index contributed by atoms with van der Waals surface area (Å²) < 4.78 is 0. The van der Waals surface area contributed by atoms with E-state index in [9.17, 15) is 0 Å². The Hall–Kier alpha value is -0.660. The van der Waals surface area contributed by atoms with Crippen LogP contribution in [0.4, 0.5) is 0 Å². The van der Waals surface area contributed by atoms with E-state index < -0.39 is 0 Å². The molecule has 0 aliphatic carbocycles. The molecule has 1 aliphatic rings. The number of hydrogen-bond acceptors (Lipinski definition) is 2. The van der Waals surface area contributed by atoms with Crippen molar-refractivity contribution < 1.29 is 0 Å². The van der Waals surface area contributed by atoms with Gasteiger partial charge in [-0.05, 0) is 12.8 Å². The first-order chi connectivity index (χ1) is 12.8. The molecule has 0 aromatic rings. The fourth-order valence-corrected chi connectivity index (χ4v) is 4.14. The Kier molecular flexibility index (Phi) is 14.8. The van der Waals surface area contributed by atoms with Crippen molar-refractivity contribution >= 4 is 0 Å². The fraction of sp³-hybridized carbons (Fsp3) is 0.917. The molecule has 1 rings (SSSR count). The van der Waals surface area contributed by atoms with Gasteiger partial charge in [0.05, 0.1) is 0 Å². The number of rotatable bonds is 18. The van der Waals surface area contributed by atoms with Crippen LogP contribution in [0.15, 0.2) is 12.4 Å². The summed E-state index contributed by atoms with van der Waals surface area (Å²) in [5.74, 6) is 0. The lowest BCUT2D eigenvalue weighted by Crippen LogP contribution is -2.36. The molecule has 0 fully saturated rings. The van der Waals surface area contributed by atoms with Gasteiger partial charge in [0.25, 0.3) is 0 Å². The minimum absolute atomic E-state index is 0.617. The van der Waals surface area contributed by atoms with Gasteiger partial charge in [-0.25, -0.2) is 0 Å². The van der Waals surface area contributed by atoms with E-state index in [4.69, 9.17) is 0 Å². The zero-order valence-electron chi connectivity index (χ0n) is 18.4. The smallest absolute Gasteiger partial charge is 0.100 e. The van der Waals surface area contributed by atoms with Gasteiger partial charge >= 0.3 is 0 Å². The van der Waals surface area contributed by atoms with E-state index in [2.05, 4.69) is 43.1 Å². The van der Waals surface area contributed by atoms with Crippen molar-refractivity contribution in [2.24, 2.45) is 0 Å². The van der Waals surface area contributed by atoms with Gasteiger partial charge < -0.3 is 9.80 Å². The Morgan fingerprint density at radius 2 is 1.04 bits per heavy atom. The first kappa shape index (κ1) is 23.4. The van der Waals surface area contributed by atoms with Gasteiger partial charge in [-0.15, -0.1) is 0 Å². The van der Waals surface area contributed by atoms with Gasteiger partial charge in [0.2, 0.25) is 0 Å². The molecule has 0 N–H and O–H groups in total. The van der Waals surface area contributed by atoms with Crippen LogP contribution in [0, 0.1) is 0 Å². The highest BCUT2D eigenvalue weighted by Gasteiger charge is 2.21. The van der Waals surface area contributed by atoms with Crippen LogP contribution in [-0.2, 0) is 0 Å². The van der Waals surface area contributed by atoms with E-state index in [1.54, 1.807) is 0 Å². The van der Waals surface area contributed by atoms with Crippen LogP contribution < -0.4 is 0 Å². The predicted octanol–water partition coefficient (Wildman–Crippen LogP) is 7.70. The number of hydrogen-bond donors (Lipinski definition) is 0. The van der Waals surface area contributed by atoms with Crippen LogP contribution in [0.3, 0.4) is 0 Å². The second-order valence-electron chi connectivity index (χ2n) is 8.42. The average molecular weight is 365 g/mol. The van der Waals surface area contributed by atoms with Crippen molar-refractivity contribution in [3.05, 3.63) is 12.4 Å². The summed E-state index contributed by atoms with van der Waals surface area (Å²) in [7, 11) is 2.21. The normalized spacial score (nSPS) is 16.8. The lowest BCUT2D eigenvalue weighted by molar-refractivity contribution is 0.162. The highest BCUT2D eigenvalue weighted by Crippen LogP contribution is 2.19. The van der Waals surface area contributed by atoms with Gasteiger partial charge in [-0.1, -0.05) is 110 Å². The summed E-state index contributed by atoms with van der Waals surface area (Å²) in [6.45, 7) is 5.83. The van der Waals surface area contributed by atoms with Crippen molar-refractivity contribution in [1.29, 1.82) is 0 Å². The average Bonchev–Trinajstić information content (AvgIpc) is 2.99. The predicted molar refractivity (Wildman–Crippen MR) is 117 cm³/mol.